The molecule has 1 unspecified atom stereocenters. The van der Waals surface area contributed by atoms with Crippen molar-refractivity contribution in [2.24, 2.45) is 11.7 Å². The number of carbonyl (C=O) groups excluding carboxylic acids is 1. The Morgan fingerprint density at radius 2 is 2.12 bits per heavy atom. The summed E-state index contributed by atoms with van der Waals surface area (Å²) in [5, 5.41) is 0. The smallest absolute Gasteiger partial charge is 0.226 e. The van der Waals surface area contributed by atoms with Gasteiger partial charge >= 0.3 is 0 Å². The second-order valence-electron chi connectivity index (χ2n) is 4.46. The van der Waals surface area contributed by atoms with Gasteiger partial charge in [-0.3, -0.25) is 4.79 Å². The van der Waals surface area contributed by atoms with Crippen LogP contribution >= 0.6 is 0 Å². The number of benzene rings is 1. The predicted octanol–water partition coefficient (Wildman–Crippen LogP) is 1.34. The van der Waals surface area contributed by atoms with Crippen LogP contribution in [-0.2, 0) is 11.2 Å². The monoisotopic (exact) mass is 238 g/mol. The molecule has 94 valence electrons. The van der Waals surface area contributed by atoms with Crippen molar-refractivity contribution in [1.82, 2.24) is 4.90 Å². The highest BCUT2D eigenvalue weighted by molar-refractivity contribution is 5.78. The normalized spacial score (nSPS) is 12.3. The third-order valence-electron chi connectivity index (χ3n) is 2.74. The van der Waals surface area contributed by atoms with Gasteiger partial charge in [0.15, 0.2) is 0 Å². The summed E-state index contributed by atoms with van der Waals surface area (Å²) < 4.78 is 13.6. The summed E-state index contributed by atoms with van der Waals surface area (Å²) in [5.74, 6) is -0.699. The van der Waals surface area contributed by atoms with Crippen LogP contribution in [0.2, 0.25) is 0 Å². The van der Waals surface area contributed by atoms with Gasteiger partial charge in [0.25, 0.3) is 0 Å². The number of hydrogen-bond acceptors (Lipinski definition) is 2. The summed E-state index contributed by atoms with van der Waals surface area (Å²) >= 11 is 0. The maximum Gasteiger partial charge on any atom is 0.226 e. The number of carbonyl (C=O) groups is 1. The van der Waals surface area contributed by atoms with Crippen molar-refractivity contribution < 1.29 is 9.18 Å². The van der Waals surface area contributed by atoms with Crippen LogP contribution in [-0.4, -0.2) is 31.4 Å². The van der Waals surface area contributed by atoms with E-state index in [1.165, 1.54) is 11.0 Å². The molecule has 2 N–H and O–H groups in total. The Labute approximate surface area is 101 Å². The molecule has 1 aromatic carbocycles. The first-order chi connectivity index (χ1) is 7.95. The second kappa shape index (κ2) is 5.77. The van der Waals surface area contributed by atoms with Crippen LogP contribution in [0.5, 0.6) is 0 Å². The lowest BCUT2D eigenvalue weighted by atomic mass is 9.96. The highest BCUT2D eigenvalue weighted by Crippen LogP contribution is 2.15. The minimum absolute atomic E-state index is 0.0617. The van der Waals surface area contributed by atoms with E-state index in [9.17, 15) is 9.18 Å². The fourth-order valence-corrected chi connectivity index (χ4v) is 1.76. The third kappa shape index (κ3) is 3.53. The van der Waals surface area contributed by atoms with Gasteiger partial charge in [-0.05, 0) is 25.0 Å². The predicted molar refractivity (Wildman–Crippen MR) is 66.1 cm³/mol. The molecule has 1 amide bonds. The average molecular weight is 238 g/mol. The van der Waals surface area contributed by atoms with Crippen molar-refractivity contribution in [3.63, 3.8) is 0 Å². The molecule has 1 atom stereocenters. The minimum Gasteiger partial charge on any atom is -0.349 e. The highest BCUT2D eigenvalue weighted by Gasteiger charge is 2.20. The fourth-order valence-electron chi connectivity index (χ4n) is 1.76. The maximum absolute atomic E-state index is 13.6. The molecule has 0 aliphatic heterocycles. The Balaban J connectivity index is 2.87. The Hall–Kier alpha value is -1.42. The van der Waals surface area contributed by atoms with Crippen molar-refractivity contribution in [3.05, 3.63) is 35.1 Å². The van der Waals surface area contributed by atoms with Gasteiger partial charge in [0.2, 0.25) is 5.91 Å². The molecular weight excluding hydrogens is 219 g/mol. The summed E-state index contributed by atoms with van der Waals surface area (Å²) in [6.07, 6.45) is 0.348. The molecule has 0 spiro atoms. The molecule has 4 heteroatoms. The van der Waals surface area contributed by atoms with E-state index in [-0.39, 0.29) is 24.2 Å². The molecule has 0 aliphatic carbocycles. The number of amides is 1. The van der Waals surface area contributed by atoms with E-state index < -0.39 is 0 Å². The Morgan fingerprint density at radius 3 is 2.65 bits per heavy atom. The van der Waals surface area contributed by atoms with Crippen LogP contribution in [0.3, 0.4) is 0 Å². The minimum atomic E-state index is -0.360. The lowest BCUT2D eigenvalue weighted by Crippen LogP contribution is -2.35. The molecular formula is C13H19FN2O. The molecule has 0 fully saturated rings. The van der Waals surface area contributed by atoms with Crippen molar-refractivity contribution in [2.45, 2.75) is 13.3 Å². The number of nitrogens with zero attached hydrogens (tertiary/aromatic N) is 1. The van der Waals surface area contributed by atoms with Gasteiger partial charge < -0.3 is 10.6 Å². The molecule has 0 radical (unpaired) electrons. The zero-order valence-electron chi connectivity index (χ0n) is 10.5. The van der Waals surface area contributed by atoms with E-state index in [0.717, 1.165) is 5.56 Å². The molecule has 0 heterocycles. The van der Waals surface area contributed by atoms with Crippen LogP contribution in [0.15, 0.2) is 18.2 Å². The molecule has 3 nitrogen and oxygen atoms in total. The zero-order valence-corrected chi connectivity index (χ0v) is 10.5. The summed E-state index contributed by atoms with van der Waals surface area (Å²) in [4.78, 5) is 13.3. The SMILES string of the molecule is Cc1ccc(F)c(CC(CN)C(=O)N(C)C)c1. The Morgan fingerprint density at radius 1 is 1.47 bits per heavy atom. The number of aryl methyl sites for hydroxylation is 1. The number of nitrogens with two attached hydrogens (primary N) is 1. The quantitative estimate of drug-likeness (QED) is 0.860. The third-order valence-corrected chi connectivity index (χ3v) is 2.74. The number of hydrogen-bond donors (Lipinski definition) is 1. The van der Waals surface area contributed by atoms with E-state index in [0.29, 0.717) is 12.0 Å². The van der Waals surface area contributed by atoms with Gasteiger partial charge in [-0.2, -0.15) is 0 Å². The van der Waals surface area contributed by atoms with Crippen molar-refractivity contribution >= 4 is 5.91 Å². The molecule has 0 saturated carbocycles. The molecule has 17 heavy (non-hydrogen) atoms. The van der Waals surface area contributed by atoms with E-state index in [2.05, 4.69) is 0 Å². The molecule has 0 saturated heterocycles. The van der Waals surface area contributed by atoms with Crippen LogP contribution in [0.1, 0.15) is 11.1 Å². The molecule has 0 aliphatic rings. The van der Waals surface area contributed by atoms with Crippen molar-refractivity contribution in [1.29, 1.82) is 0 Å². The van der Waals surface area contributed by atoms with Gasteiger partial charge in [-0.15, -0.1) is 0 Å². The lowest BCUT2D eigenvalue weighted by molar-refractivity contribution is -0.132. The van der Waals surface area contributed by atoms with E-state index in [1.54, 1.807) is 26.2 Å². The van der Waals surface area contributed by atoms with Gasteiger partial charge in [-0.25, -0.2) is 4.39 Å². The Bertz CT molecular complexity index is 404. The highest BCUT2D eigenvalue weighted by atomic mass is 19.1. The summed E-state index contributed by atoms with van der Waals surface area (Å²) in [6, 6.07) is 4.91. The van der Waals surface area contributed by atoms with E-state index in [4.69, 9.17) is 5.73 Å². The molecule has 0 bridgehead atoms. The molecule has 1 rings (SSSR count). The average Bonchev–Trinajstić information content (AvgIpc) is 2.29. The summed E-state index contributed by atoms with van der Waals surface area (Å²) in [5.41, 5.74) is 7.11. The molecule has 1 aromatic rings. The van der Waals surface area contributed by atoms with E-state index in [1.807, 2.05) is 6.92 Å². The van der Waals surface area contributed by atoms with Gasteiger partial charge in [0, 0.05) is 20.6 Å². The first-order valence-corrected chi connectivity index (χ1v) is 5.62. The largest absolute Gasteiger partial charge is 0.349 e. The van der Waals surface area contributed by atoms with Gasteiger partial charge in [0.05, 0.1) is 5.92 Å². The van der Waals surface area contributed by atoms with E-state index >= 15 is 0 Å². The second-order valence-corrected chi connectivity index (χ2v) is 4.46. The summed E-state index contributed by atoms with van der Waals surface area (Å²) in [7, 11) is 3.36. The Kier molecular flexibility index (Phi) is 4.63. The number of halogens is 1. The van der Waals surface area contributed by atoms with Crippen molar-refractivity contribution in [3.8, 4) is 0 Å². The van der Waals surface area contributed by atoms with Crippen LogP contribution in [0.4, 0.5) is 4.39 Å². The van der Waals surface area contributed by atoms with Crippen LogP contribution < -0.4 is 5.73 Å². The lowest BCUT2D eigenvalue weighted by Gasteiger charge is -2.19. The number of rotatable bonds is 4. The first-order valence-electron chi connectivity index (χ1n) is 5.62. The van der Waals surface area contributed by atoms with Crippen LogP contribution in [0, 0.1) is 18.7 Å². The topological polar surface area (TPSA) is 46.3 Å². The van der Waals surface area contributed by atoms with Crippen LogP contribution in [0.25, 0.3) is 0 Å². The standard InChI is InChI=1S/C13H19FN2O/c1-9-4-5-12(14)10(6-9)7-11(8-15)13(17)16(2)3/h4-6,11H,7-8,15H2,1-3H3. The molecule has 0 aromatic heterocycles. The van der Waals surface area contributed by atoms with Gasteiger partial charge in [0.1, 0.15) is 5.82 Å². The first kappa shape index (κ1) is 13.6. The fraction of sp³-hybridized carbons (Fsp3) is 0.462. The van der Waals surface area contributed by atoms with Crippen molar-refractivity contribution in [2.75, 3.05) is 20.6 Å². The zero-order chi connectivity index (χ0) is 13.0. The summed E-state index contributed by atoms with van der Waals surface area (Å²) in [6.45, 7) is 2.12. The maximum atomic E-state index is 13.6. The van der Waals surface area contributed by atoms with Gasteiger partial charge in [-0.1, -0.05) is 17.7 Å².